The second-order valence-corrected chi connectivity index (χ2v) is 8.59. The van der Waals surface area contributed by atoms with E-state index < -0.39 is 0 Å². The summed E-state index contributed by atoms with van der Waals surface area (Å²) in [5.41, 5.74) is 2.95. The van der Waals surface area contributed by atoms with Gasteiger partial charge in [0.05, 0.1) is 20.3 Å². The lowest BCUT2D eigenvalue weighted by molar-refractivity contribution is 0.0935. The number of aromatic amines is 1. The number of amides is 1. The van der Waals surface area contributed by atoms with Crippen LogP contribution in [0.2, 0.25) is 0 Å². The average molecular weight is 449 g/mol. The number of hydrogen-bond acceptors (Lipinski definition) is 5. The average Bonchev–Trinajstić information content (AvgIpc) is 3.30. The Hall–Kier alpha value is -3.32. The fourth-order valence-corrected chi connectivity index (χ4v) is 4.36. The van der Waals surface area contributed by atoms with Gasteiger partial charge in [-0.15, -0.1) is 0 Å². The number of carbonyl (C=O) groups excluding carboxylic acids is 1. The monoisotopic (exact) mass is 448 g/mol. The van der Waals surface area contributed by atoms with Gasteiger partial charge in [-0.05, 0) is 70.2 Å². The number of nitrogens with one attached hydrogen (secondary N) is 2. The molecule has 3 aromatic rings. The number of likely N-dealkylation sites (tertiary alicyclic amines) is 1. The number of carbonyl (C=O) groups is 1. The molecule has 1 aromatic heterocycles. The Morgan fingerprint density at radius 3 is 2.45 bits per heavy atom. The third-order valence-corrected chi connectivity index (χ3v) is 6.37. The zero-order valence-corrected chi connectivity index (χ0v) is 19.7. The van der Waals surface area contributed by atoms with Crippen molar-refractivity contribution >= 4 is 5.91 Å². The quantitative estimate of drug-likeness (QED) is 0.560. The predicted octanol–water partition coefficient (Wildman–Crippen LogP) is 4.39. The van der Waals surface area contributed by atoms with Gasteiger partial charge in [-0.2, -0.15) is 0 Å². The van der Waals surface area contributed by atoms with Crippen LogP contribution in [0.15, 0.2) is 48.5 Å². The van der Waals surface area contributed by atoms with Crippen molar-refractivity contribution < 1.29 is 14.3 Å². The summed E-state index contributed by atoms with van der Waals surface area (Å²) < 4.78 is 10.8. The lowest BCUT2D eigenvalue weighted by atomic mass is 9.96. The Morgan fingerprint density at radius 2 is 1.79 bits per heavy atom. The van der Waals surface area contributed by atoms with Crippen LogP contribution in [0.4, 0.5) is 0 Å². The van der Waals surface area contributed by atoms with E-state index in [1.807, 2.05) is 55.5 Å². The third kappa shape index (κ3) is 5.03. The van der Waals surface area contributed by atoms with Gasteiger partial charge in [0.1, 0.15) is 28.7 Å². The maximum absolute atomic E-state index is 13.4. The van der Waals surface area contributed by atoms with Crippen LogP contribution in [0.5, 0.6) is 11.5 Å². The van der Waals surface area contributed by atoms with Crippen molar-refractivity contribution in [2.24, 2.45) is 0 Å². The molecular formula is C26H32N4O3. The lowest BCUT2D eigenvalue weighted by Gasteiger charge is -2.27. The molecule has 7 heteroatoms. The van der Waals surface area contributed by atoms with Crippen LogP contribution < -0.4 is 14.8 Å². The molecule has 33 heavy (non-hydrogen) atoms. The van der Waals surface area contributed by atoms with Gasteiger partial charge < -0.3 is 24.7 Å². The van der Waals surface area contributed by atoms with E-state index in [2.05, 4.69) is 22.2 Å². The highest BCUT2D eigenvalue weighted by Crippen LogP contribution is 2.31. The summed E-state index contributed by atoms with van der Waals surface area (Å²) in [7, 11) is 5.41. The molecule has 0 radical (unpaired) electrons. The largest absolute Gasteiger partial charge is 0.497 e. The summed E-state index contributed by atoms with van der Waals surface area (Å²) in [6.07, 6.45) is 2.04. The summed E-state index contributed by atoms with van der Waals surface area (Å²) in [6, 6.07) is 15.1. The van der Waals surface area contributed by atoms with Crippen LogP contribution in [0.25, 0.3) is 11.3 Å². The van der Waals surface area contributed by atoms with Crippen molar-refractivity contribution in [3.05, 3.63) is 65.6 Å². The van der Waals surface area contributed by atoms with Crippen LogP contribution in [-0.2, 0) is 0 Å². The number of nitrogens with zero attached hydrogens (tertiary/aromatic N) is 2. The Labute approximate surface area is 195 Å². The van der Waals surface area contributed by atoms with Gasteiger partial charge in [0.2, 0.25) is 0 Å². The molecule has 1 fully saturated rings. The number of rotatable bonds is 7. The Bertz CT molecular complexity index is 1090. The van der Waals surface area contributed by atoms with Crippen molar-refractivity contribution in [2.75, 3.05) is 34.4 Å². The fourth-order valence-electron chi connectivity index (χ4n) is 4.36. The Morgan fingerprint density at radius 1 is 1.09 bits per heavy atom. The van der Waals surface area contributed by atoms with Crippen LogP contribution in [-0.4, -0.2) is 55.1 Å². The van der Waals surface area contributed by atoms with Crippen LogP contribution in [0.3, 0.4) is 0 Å². The molecule has 1 aliphatic rings. The minimum absolute atomic E-state index is 0.189. The predicted molar refractivity (Wildman–Crippen MR) is 129 cm³/mol. The molecule has 0 aliphatic carbocycles. The minimum atomic E-state index is -0.229. The van der Waals surface area contributed by atoms with Gasteiger partial charge in [-0.3, -0.25) is 4.79 Å². The number of imidazole rings is 1. The number of hydrogen-bond donors (Lipinski definition) is 2. The number of para-hydroxylation sites is 1. The molecule has 0 bridgehead atoms. The molecule has 2 aromatic carbocycles. The van der Waals surface area contributed by atoms with E-state index >= 15 is 0 Å². The number of aromatic nitrogens is 2. The Balaban J connectivity index is 1.65. The molecule has 0 unspecified atom stereocenters. The topological polar surface area (TPSA) is 79.5 Å². The number of benzene rings is 2. The highest BCUT2D eigenvalue weighted by atomic mass is 16.5. The van der Waals surface area contributed by atoms with Crippen molar-refractivity contribution in [1.29, 1.82) is 0 Å². The summed E-state index contributed by atoms with van der Waals surface area (Å²) in [6.45, 7) is 4.00. The van der Waals surface area contributed by atoms with Gasteiger partial charge >= 0.3 is 0 Å². The van der Waals surface area contributed by atoms with E-state index in [1.165, 1.54) is 0 Å². The first-order valence-electron chi connectivity index (χ1n) is 11.4. The zero-order chi connectivity index (χ0) is 23.4. The highest BCUT2D eigenvalue weighted by Gasteiger charge is 2.26. The van der Waals surface area contributed by atoms with Crippen molar-refractivity contribution in [1.82, 2.24) is 20.2 Å². The maximum atomic E-state index is 13.4. The Kier molecular flexibility index (Phi) is 6.99. The molecule has 1 amide bonds. The number of ether oxygens (including phenoxy) is 2. The zero-order valence-electron chi connectivity index (χ0n) is 19.7. The second-order valence-electron chi connectivity index (χ2n) is 8.59. The lowest BCUT2D eigenvalue weighted by Crippen LogP contribution is -2.30. The summed E-state index contributed by atoms with van der Waals surface area (Å²) >= 11 is 0. The third-order valence-electron chi connectivity index (χ3n) is 6.37. The normalized spacial score (nSPS) is 15.8. The van der Waals surface area contributed by atoms with Gasteiger partial charge in [-0.1, -0.05) is 18.2 Å². The number of piperidine rings is 1. The molecule has 0 spiro atoms. The van der Waals surface area contributed by atoms with Crippen molar-refractivity contribution in [3.8, 4) is 22.8 Å². The molecule has 174 valence electrons. The molecule has 4 rings (SSSR count). The summed E-state index contributed by atoms with van der Waals surface area (Å²) in [5, 5.41) is 3.12. The maximum Gasteiger partial charge on any atom is 0.270 e. The smallest absolute Gasteiger partial charge is 0.270 e. The van der Waals surface area contributed by atoms with Gasteiger partial charge in [0, 0.05) is 17.0 Å². The molecule has 2 heterocycles. The van der Waals surface area contributed by atoms with Gasteiger partial charge in [0.15, 0.2) is 0 Å². The van der Waals surface area contributed by atoms with E-state index in [1.54, 1.807) is 14.2 Å². The van der Waals surface area contributed by atoms with Crippen molar-refractivity contribution in [3.63, 3.8) is 0 Å². The van der Waals surface area contributed by atoms with E-state index in [-0.39, 0.29) is 11.9 Å². The van der Waals surface area contributed by atoms with Gasteiger partial charge in [0.25, 0.3) is 5.91 Å². The first-order chi connectivity index (χ1) is 16.0. The molecule has 2 N–H and O–H groups in total. The highest BCUT2D eigenvalue weighted by molar-refractivity contribution is 5.98. The van der Waals surface area contributed by atoms with E-state index in [0.29, 0.717) is 17.3 Å². The fraction of sp³-hybridized carbons (Fsp3) is 0.385. The van der Waals surface area contributed by atoms with E-state index in [4.69, 9.17) is 14.5 Å². The second kappa shape index (κ2) is 10.1. The first kappa shape index (κ1) is 22.9. The number of H-pyrrole nitrogens is 1. The van der Waals surface area contributed by atoms with E-state index in [0.717, 1.165) is 54.4 Å². The summed E-state index contributed by atoms with van der Waals surface area (Å²) in [5.74, 6) is 2.51. The van der Waals surface area contributed by atoms with Crippen LogP contribution in [0.1, 0.15) is 53.6 Å². The number of methoxy groups -OCH3 is 2. The molecule has 1 saturated heterocycles. The van der Waals surface area contributed by atoms with Crippen molar-refractivity contribution in [2.45, 2.75) is 31.7 Å². The van der Waals surface area contributed by atoms with Gasteiger partial charge in [-0.25, -0.2) is 4.98 Å². The molecule has 7 nitrogen and oxygen atoms in total. The molecular weight excluding hydrogens is 416 g/mol. The van der Waals surface area contributed by atoms with Crippen LogP contribution >= 0.6 is 0 Å². The summed E-state index contributed by atoms with van der Waals surface area (Å²) in [4.78, 5) is 24.1. The molecule has 1 aliphatic heterocycles. The van der Waals surface area contributed by atoms with Crippen LogP contribution in [0, 0.1) is 0 Å². The molecule has 1 atom stereocenters. The van der Waals surface area contributed by atoms with E-state index in [9.17, 15) is 4.79 Å². The minimum Gasteiger partial charge on any atom is -0.497 e. The first-order valence-corrected chi connectivity index (χ1v) is 11.4. The standard InChI is InChI=1S/C26H32N4O3/c1-17(21-7-5-6-8-22(21)33-4)27-26(31)24-23(18-9-11-20(32-3)12-10-18)28-25(29-24)19-13-15-30(2)16-14-19/h5-12,17,19H,13-16H2,1-4H3,(H,27,31)(H,28,29)/t17-/m0/s1. The molecule has 0 saturated carbocycles. The SMILES string of the molecule is COc1ccc(-c2nc(C3CCN(C)CC3)[nH]c2C(=O)N[C@@H](C)c2ccccc2OC)cc1.